The summed E-state index contributed by atoms with van der Waals surface area (Å²) in [5, 5.41) is 4.91. The fourth-order valence-electron chi connectivity index (χ4n) is 16.6. The lowest BCUT2D eigenvalue weighted by Crippen LogP contribution is -2.59. The Bertz CT molecular complexity index is 5660. The molecule has 0 aliphatic carbocycles. The van der Waals surface area contributed by atoms with Crippen LogP contribution in [0, 0.1) is 0 Å². The van der Waals surface area contributed by atoms with E-state index in [0.717, 1.165) is 72.7 Å². The largest absolute Gasteiger partial charge is 0.310 e. The fraction of sp³-hybridized carbons (Fsp3) is 0.163. The van der Waals surface area contributed by atoms with Crippen LogP contribution in [-0.2, 0) is 21.7 Å². The first-order valence-corrected chi connectivity index (χ1v) is 36.6. The molecule has 103 heavy (non-hydrogen) atoms. The molecule has 0 N–H and O–H groups in total. The van der Waals surface area contributed by atoms with Gasteiger partial charge in [-0.15, -0.1) is 0 Å². The summed E-state index contributed by atoms with van der Waals surface area (Å²) in [7, 11) is 0. The van der Waals surface area contributed by atoms with Gasteiger partial charge in [0.15, 0.2) is 5.82 Å². The van der Waals surface area contributed by atoms with Crippen molar-refractivity contribution in [1.82, 2.24) is 19.1 Å². The minimum Gasteiger partial charge on any atom is -0.310 e. The maximum atomic E-state index is 6.03. The molecule has 0 saturated carbocycles. The van der Waals surface area contributed by atoms with E-state index in [-0.39, 0.29) is 28.4 Å². The maximum Gasteiger partial charge on any atom is 0.252 e. The molecule has 16 aromatic rings. The van der Waals surface area contributed by atoms with E-state index in [9.17, 15) is 0 Å². The van der Waals surface area contributed by atoms with Crippen LogP contribution in [0.5, 0.6) is 0 Å². The highest BCUT2D eigenvalue weighted by Gasteiger charge is 2.43. The van der Waals surface area contributed by atoms with Crippen LogP contribution in [0.1, 0.15) is 105 Å². The lowest BCUT2D eigenvalue weighted by molar-refractivity contribution is 0.568. The highest BCUT2D eigenvalue weighted by Crippen LogP contribution is 2.51. The number of aromatic nitrogens is 4. The van der Waals surface area contributed by atoms with E-state index in [1.54, 1.807) is 0 Å². The van der Waals surface area contributed by atoms with Crippen LogP contribution in [0.25, 0.3) is 156 Å². The van der Waals surface area contributed by atoms with Crippen LogP contribution >= 0.6 is 0 Å². The molecule has 0 spiro atoms. The number of rotatable bonds is 9. The highest BCUT2D eigenvalue weighted by molar-refractivity contribution is 7.00. The first-order chi connectivity index (χ1) is 49.6. The molecular formula is C98H83BN4. The molecule has 0 atom stereocenters. The van der Waals surface area contributed by atoms with Crippen LogP contribution < -0.4 is 16.4 Å². The summed E-state index contributed by atoms with van der Waals surface area (Å²) in [6, 6.07) is 108. The molecule has 0 amide bonds. The third kappa shape index (κ3) is 10.6. The monoisotopic (exact) mass is 1330 g/mol. The molecular weight excluding hydrogens is 1240 g/mol. The zero-order valence-electron chi connectivity index (χ0n) is 61.0. The molecule has 5 heteroatoms. The predicted octanol–water partition coefficient (Wildman–Crippen LogP) is 24.0. The Balaban J connectivity index is 1.06. The maximum absolute atomic E-state index is 6.03. The SMILES string of the molecule is CC(C)(C)c1cc(-c2cc(-c3cc(C(C)(C)C)cc(C(C)(C)C)c3)nc(-c3cc4c5c(c3)-n3c6cc(-c7ccccc7)cc(-c7ccccc7)c6c6c(-c7ccccc7)ccc(c63)B5c3ccc(-c5ccccc5)c5c6c(-c7ccccc7)cc(-c7ccccc7)cc6n-4c35)n2)cc(C(C)(C)C)c1. The van der Waals surface area contributed by atoms with Crippen LogP contribution in [-0.4, -0.2) is 25.8 Å². The minimum absolute atomic E-state index is 0.139. The van der Waals surface area contributed by atoms with Gasteiger partial charge in [0.2, 0.25) is 0 Å². The molecule has 0 unspecified atom stereocenters. The Morgan fingerprint density at radius 3 is 0.883 bits per heavy atom. The number of fused-ring (bicyclic) bond motifs is 10. The highest BCUT2D eigenvalue weighted by atomic mass is 15.0. The average molecular weight is 1330 g/mol. The fourth-order valence-corrected chi connectivity index (χ4v) is 16.6. The second kappa shape index (κ2) is 23.6. The third-order valence-corrected chi connectivity index (χ3v) is 22.1. The molecule has 0 bridgehead atoms. The Morgan fingerprint density at radius 1 is 0.252 bits per heavy atom. The van der Waals surface area contributed by atoms with Crippen LogP contribution in [0.2, 0.25) is 0 Å². The summed E-state index contributed by atoms with van der Waals surface area (Å²) in [5.41, 5.74) is 34.2. The lowest BCUT2D eigenvalue weighted by atomic mass is 9.34. The normalized spacial score (nSPS) is 12.8. The smallest absolute Gasteiger partial charge is 0.252 e. The van der Waals surface area contributed by atoms with Crippen LogP contribution in [0.15, 0.2) is 285 Å². The van der Waals surface area contributed by atoms with Crippen molar-refractivity contribution in [3.8, 4) is 112 Å². The van der Waals surface area contributed by atoms with E-state index >= 15 is 0 Å². The van der Waals surface area contributed by atoms with Gasteiger partial charge < -0.3 is 9.13 Å². The van der Waals surface area contributed by atoms with Crippen LogP contribution in [0.3, 0.4) is 0 Å². The Labute approximate surface area is 606 Å². The molecule has 0 saturated heterocycles. The van der Waals surface area contributed by atoms with Gasteiger partial charge >= 0.3 is 0 Å². The van der Waals surface area contributed by atoms with Crippen molar-refractivity contribution in [2.75, 3.05) is 0 Å². The van der Waals surface area contributed by atoms with Gasteiger partial charge in [-0.2, -0.15) is 0 Å². The van der Waals surface area contributed by atoms with Gasteiger partial charge in [-0.25, -0.2) is 9.97 Å². The van der Waals surface area contributed by atoms with Crippen molar-refractivity contribution < 1.29 is 0 Å². The van der Waals surface area contributed by atoms with E-state index in [4.69, 9.17) is 9.97 Å². The number of hydrogen-bond donors (Lipinski definition) is 0. The van der Waals surface area contributed by atoms with Crippen molar-refractivity contribution >= 4 is 66.7 Å². The second-order valence-corrected chi connectivity index (χ2v) is 33.0. The topological polar surface area (TPSA) is 35.6 Å². The Kier molecular flexibility index (Phi) is 14.6. The summed E-state index contributed by atoms with van der Waals surface area (Å²) in [6.45, 7) is 27.8. The van der Waals surface area contributed by atoms with E-state index < -0.39 is 0 Å². The van der Waals surface area contributed by atoms with Crippen molar-refractivity contribution in [2.45, 2.75) is 105 Å². The van der Waals surface area contributed by atoms with Crippen molar-refractivity contribution in [2.24, 2.45) is 0 Å². The lowest BCUT2D eigenvalue weighted by Gasteiger charge is -2.34. The summed E-state index contributed by atoms with van der Waals surface area (Å²) in [6.07, 6.45) is 0. The van der Waals surface area contributed by atoms with E-state index in [1.165, 1.54) is 116 Å². The van der Waals surface area contributed by atoms with Crippen LogP contribution in [0.4, 0.5) is 0 Å². The van der Waals surface area contributed by atoms with Gasteiger partial charge in [0.1, 0.15) is 0 Å². The first-order valence-electron chi connectivity index (χ1n) is 36.6. The summed E-state index contributed by atoms with van der Waals surface area (Å²) in [5.74, 6) is 0.665. The van der Waals surface area contributed by atoms with E-state index in [2.05, 4.69) is 377 Å². The average Bonchev–Trinajstić information content (AvgIpc) is 1.53. The number of hydrogen-bond acceptors (Lipinski definition) is 2. The molecule has 0 radical (unpaired) electrons. The molecule has 3 aromatic heterocycles. The van der Waals surface area contributed by atoms with Gasteiger partial charge in [0.25, 0.3) is 6.71 Å². The quantitative estimate of drug-likeness (QED) is 0.135. The van der Waals surface area contributed by atoms with Crippen molar-refractivity contribution in [3.63, 3.8) is 0 Å². The summed E-state index contributed by atoms with van der Waals surface area (Å²) in [4.78, 5) is 12.1. The molecule has 2 aliphatic rings. The predicted molar refractivity (Wildman–Crippen MR) is 439 cm³/mol. The summed E-state index contributed by atoms with van der Waals surface area (Å²) >= 11 is 0. The van der Waals surface area contributed by atoms with Gasteiger partial charge in [-0.3, -0.25) is 0 Å². The van der Waals surface area contributed by atoms with Gasteiger partial charge in [-0.05, 0) is 194 Å². The van der Waals surface area contributed by atoms with Gasteiger partial charge in [-0.1, -0.05) is 301 Å². The standard InChI is InChI=1S/C98H83BN4/c1-95(2,3)71-47-68(48-72(57-71)96(4,5)6)81-59-82(69-49-73(97(7,8)9)58-74(50-69)98(10,11)12)101-94(100-81)70-55-85-91-86(56-70)103-84-54-67(61-33-21-14-22-34-61)52-78(65-41-29-18-30-42-65)88(84)90-76(63-37-25-16-26-38-63)44-46-80(93(90)103)99(91)79-45-43-75(62-35-23-15-24-36-62)89-87-77(64-39-27-17-28-40-64)51-66(60-31-19-13-20-32-60)53-83(87)102(85)92(79)89/h13-59H,1-12H3. The zero-order chi connectivity index (χ0) is 70.6. The number of benzene rings is 13. The molecule has 18 rings (SSSR count). The Hall–Kier alpha value is -11.4. The number of nitrogens with zero attached hydrogens (tertiary/aromatic N) is 4. The summed E-state index contributed by atoms with van der Waals surface area (Å²) < 4.78 is 5.35. The van der Waals surface area contributed by atoms with Gasteiger partial charge in [0, 0.05) is 49.6 Å². The van der Waals surface area contributed by atoms with Gasteiger partial charge in [0.05, 0.1) is 33.5 Å². The zero-order valence-corrected chi connectivity index (χ0v) is 61.0. The minimum atomic E-state index is -0.204. The van der Waals surface area contributed by atoms with E-state index in [1.807, 2.05) is 0 Å². The van der Waals surface area contributed by atoms with Crippen molar-refractivity contribution in [3.05, 3.63) is 307 Å². The molecule has 13 aromatic carbocycles. The molecule has 498 valence electrons. The third-order valence-electron chi connectivity index (χ3n) is 22.1. The first kappa shape index (κ1) is 63.8. The molecule has 0 fully saturated rings. The molecule has 2 aliphatic heterocycles. The van der Waals surface area contributed by atoms with E-state index in [0.29, 0.717) is 5.82 Å². The second-order valence-electron chi connectivity index (χ2n) is 33.0. The Morgan fingerprint density at radius 2 is 0.563 bits per heavy atom. The molecule has 4 nitrogen and oxygen atoms in total. The van der Waals surface area contributed by atoms with Crippen molar-refractivity contribution in [1.29, 1.82) is 0 Å². The molecule has 5 heterocycles.